The van der Waals surface area contributed by atoms with Crippen LogP contribution in [0.2, 0.25) is 10.0 Å². The van der Waals surface area contributed by atoms with Crippen molar-refractivity contribution >= 4 is 40.9 Å². The summed E-state index contributed by atoms with van der Waals surface area (Å²) in [6.45, 7) is -0.324. The van der Waals surface area contributed by atoms with Gasteiger partial charge in [-0.1, -0.05) is 23.2 Å². The summed E-state index contributed by atoms with van der Waals surface area (Å²) < 4.78 is 0. The van der Waals surface area contributed by atoms with E-state index >= 15 is 0 Å². The Labute approximate surface area is 101 Å². The zero-order chi connectivity index (χ0) is 12.1. The predicted molar refractivity (Wildman–Crippen MR) is 61.1 cm³/mol. The molecule has 2 amide bonds. The number of amides is 2. The van der Waals surface area contributed by atoms with E-state index in [1.165, 1.54) is 12.1 Å². The Kier molecular flexibility index (Phi) is 4.39. The first-order chi connectivity index (χ1) is 7.49. The van der Waals surface area contributed by atoms with Crippen LogP contribution in [0.4, 0.5) is 10.5 Å². The van der Waals surface area contributed by atoms with Crippen LogP contribution in [-0.2, 0) is 4.79 Å². The molecule has 0 aliphatic carbocycles. The minimum Gasteiger partial charge on any atom is -0.465 e. The highest BCUT2D eigenvalue weighted by atomic mass is 35.5. The largest absolute Gasteiger partial charge is 0.465 e. The lowest BCUT2D eigenvalue weighted by atomic mass is 10.3. The fourth-order valence-corrected chi connectivity index (χ4v) is 1.23. The Bertz CT molecular complexity index is 423. The standard InChI is InChI=1S/C9H8Cl2N2O3/c10-6-2-1-5(3-7(6)11)13-8(14)4-12-9(15)16/h1-3,12H,4H2,(H,13,14)(H,15,16). The molecular formula is C9H8Cl2N2O3. The highest BCUT2D eigenvalue weighted by Crippen LogP contribution is 2.24. The van der Waals surface area contributed by atoms with Crippen molar-refractivity contribution in [1.29, 1.82) is 0 Å². The molecule has 0 saturated heterocycles. The summed E-state index contributed by atoms with van der Waals surface area (Å²) >= 11 is 11.4. The number of carboxylic acid groups (broad SMARTS) is 1. The van der Waals surface area contributed by atoms with Crippen molar-refractivity contribution in [3.8, 4) is 0 Å². The molecule has 0 aromatic heterocycles. The highest BCUT2D eigenvalue weighted by molar-refractivity contribution is 6.42. The van der Waals surface area contributed by atoms with Gasteiger partial charge < -0.3 is 15.7 Å². The lowest BCUT2D eigenvalue weighted by Crippen LogP contribution is -2.31. The molecule has 1 aromatic carbocycles. The van der Waals surface area contributed by atoms with Crippen LogP contribution in [0.5, 0.6) is 0 Å². The Morgan fingerprint density at radius 1 is 1.25 bits per heavy atom. The van der Waals surface area contributed by atoms with E-state index in [2.05, 4.69) is 5.32 Å². The molecule has 1 aromatic rings. The van der Waals surface area contributed by atoms with E-state index in [9.17, 15) is 9.59 Å². The number of benzene rings is 1. The van der Waals surface area contributed by atoms with E-state index in [0.29, 0.717) is 15.7 Å². The molecule has 3 N–H and O–H groups in total. The maximum Gasteiger partial charge on any atom is 0.405 e. The molecule has 0 aliphatic rings. The van der Waals surface area contributed by atoms with Gasteiger partial charge in [0.25, 0.3) is 0 Å². The van der Waals surface area contributed by atoms with Gasteiger partial charge in [-0.15, -0.1) is 0 Å². The maximum absolute atomic E-state index is 11.2. The summed E-state index contributed by atoms with van der Waals surface area (Å²) in [7, 11) is 0. The van der Waals surface area contributed by atoms with Crippen LogP contribution in [0.1, 0.15) is 0 Å². The number of hydrogen-bond donors (Lipinski definition) is 3. The van der Waals surface area contributed by atoms with Gasteiger partial charge in [-0.3, -0.25) is 4.79 Å². The third kappa shape index (κ3) is 3.96. The van der Waals surface area contributed by atoms with E-state index < -0.39 is 12.0 Å². The molecule has 86 valence electrons. The lowest BCUT2D eigenvalue weighted by Gasteiger charge is -2.05. The normalized spacial score (nSPS) is 9.62. The first-order valence-corrected chi connectivity index (χ1v) is 4.96. The summed E-state index contributed by atoms with van der Waals surface area (Å²) in [6.07, 6.45) is -1.26. The van der Waals surface area contributed by atoms with E-state index in [1.54, 1.807) is 6.07 Å². The average molecular weight is 263 g/mol. The van der Waals surface area contributed by atoms with Crippen LogP contribution in [0.3, 0.4) is 0 Å². The Balaban J connectivity index is 2.56. The van der Waals surface area contributed by atoms with Crippen LogP contribution < -0.4 is 10.6 Å². The van der Waals surface area contributed by atoms with Gasteiger partial charge >= 0.3 is 6.09 Å². The number of carbonyl (C=O) groups is 2. The quantitative estimate of drug-likeness (QED) is 0.782. The first-order valence-electron chi connectivity index (χ1n) is 4.20. The van der Waals surface area contributed by atoms with Crippen LogP contribution in [0, 0.1) is 0 Å². The van der Waals surface area contributed by atoms with Crippen molar-refractivity contribution in [3.63, 3.8) is 0 Å². The topological polar surface area (TPSA) is 78.4 Å². The molecule has 0 fully saturated rings. The van der Waals surface area contributed by atoms with E-state index in [4.69, 9.17) is 28.3 Å². The molecule has 0 saturated carbocycles. The first kappa shape index (κ1) is 12.6. The van der Waals surface area contributed by atoms with Gasteiger partial charge in [-0.05, 0) is 18.2 Å². The number of nitrogens with one attached hydrogen (secondary N) is 2. The third-order valence-corrected chi connectivity index (χ3v) is 2.34. The van der Waals surface area contributed by atoms with Crippen LogP contribution in [0.15, 0.2) is 18.2 Å². The van der Waals surface area contributed by atoms with Gasteiger partial charge in [-0.2, -0.15) is 0 Å². The van der Waals surface area contributed by atoms with Crippen molar-refractivity contribution in [2.24, 2.45) is 0 Å². The molecule has 0 bridgehead atoms. The SMILES string of the molecule is O=C(O)NCC(=O)Nc1ccc(Cl)c(Cl)c1. The highest BCUT2D eigenvalue weighted by Gasteiger charge is 2.05. The summed E-state index contributed by atoms with van der Waals surface area (Å²) in [5, 5.41) is 13.4. The second-order valence-electron chi connectivity index (χ2n) is 2.84. The molecule has 5 nitrogen and oxygen atoms in total. The van der Waals surface area contributed by atoms with Gasteiger partial charge in [0.05, 0.1) is 10.0 Å². The Hall–Kier alpha value is -1.46. The van der Waals surface area contributed by atoms with Crippen LogP contribution in [0.25, 0.3) is 0 Å². The van der Waals surface area contributed by atoms with Crippen molar-refractivity contribution in [2.75, 3.05) is 11.9 Å². The van der Waals surface area contributed by atoms with Gasteiger partial charge in [0.2, 0.25) is 5.91 Å². The zero-order valence-electron chi connectivity index (χ0n) is 7.96. The fraction of sp³-hybridized carbons (Fsp3) is 0.111. The monoisotopic (exact) mass is 262 g/mol. The zero-order valence-corrected chi connectivity index (χ0v) is 9.47. The van der Waals surface area contributed by atoms with Crippen molar-refractivity contribution < 1.29 is 14.7 Å². The molecule has 0 aliphatic heterocycles. The van der Waals surface area contributed by atoms with E-state index in [0.717, 1.165) is 0 Å². The summed E-state index contributed by atoms with van der Waals surface area (Å²) in [5.41, 5.74) is 0.451. The predicted octanol–water partition coefficient (Wildman–Crippen LogP) is 2.20. The minimum absolute atomic E-state index is 0.311. The molecule has 0 atom stereocenters. The average Bonchev–Trinajstić information content (AvgIpc) is 2.21. The van der Waals surface area contributed by atoms with Gasteiger partial charge in [0.1, 0.15) is 6.54 Å². The van der Waals surface area contributed by atoms with Gasteiger partial charge in [0.15, 0.2) is 0 Å². The summed E-state index contributed by atoms with van der Waals surface area (Å²) in [6, 6.07) is 4.57. The summed E-state index contributed by atoms with van der Waals surface area (Å²) in [5.74, 6) is -0.485. The molecule has 0 unspecified atom stereocenters. The van der Waals surface area contributed by atoms with E-state index in [1.807, 2.05) is 5.32 Å². The molecule has 16 heavy (non-hydrogen) atoms. The van der Waals surface area contributed by atoms with Crippen LogP contribution >= 0.6 is 23.2 Å². The number of halogens is 2. The fourth-order valence-electron chi connectivity index (χ4n) is 0.935. The number of anilines is 1. The van der Waals surface area contributed by atoms with E-state index in [-0.39, 0.29) is 6.54 Å². The van der Waals surface area contributed by atoms with Gasteiger partial charge in [-0.25, -0.2) is 4.79 Å². The smallest absolute Gasteiger partial charge is 0.405 e. The molecule has 7 heteroatoms. The van der Waals surface area contributed by atoms with Crippen molar-refractivity contribution in [2.45, 2.75) is 0 Å². The molecule has 1 rings (SSSR count). The van der Waals surface area contributed by atoms with Crippen LogP contribution in [-0.4, -0.2) is 23.7 Å². The van der Waals surface area contributed by atoms with Gasteiger partial charge in [0, 0.05) is 5.69 Å². The molecule has 0 spiro atoms. The second kappa shape index (κ2) is 5.58. The molecule has 0 radical (unpaired) electrons. The maximum atomic E-state index is 11.2. The molecule has 0 heterocycles. The second-order valence-corrected chi connectivity index (χ2v) is 3.65. The number of hydrogen-bond acceptors (Lipinski definition) is 2. The van der Waals surface area contributed by atoms with Crippen molar-refractivity contribution in [1.82, 2.24) is 5.32 Å². The number of carbonyl (C=O) groups excluding carboxylic acids is 1. The third-order valence-electron chi connectivity index (χ3n) is 1.60. The minimum atomic E-state index is -1.26. The Morgan fingerprint density at radius 2 is 1.94 bits per heavy atom. The summed E-state index contributed by atoms with van der Waals surface area (Å²) in [4.78, 5) is 21.3. The number of rotatable bonds is 3. The molecular weight excluding hydrogens is 255 g/mol. The van der Waals surface area contributed by atoms with Crippen molar-refractivity contribution in [3.05, 3.63) is 28.2 Å². The lowest BCUT2D eigenvalue weighted by molar-refractivity contribution is -0.115. The Morgan fingerprint density at radius 3 is 2.50 bits per heavy atom.